The zero-order valence-electron chi connectivity index (χ0n) is 19.1. The third-order valence-electron chi connectivity index (χ3n) is 5.52. The van der Waals surface area contributed by atoms with Crippen molar-refractivity contribution in [3.05, 3.63) is 76.6 Å². The standard InChI is InChI=1S/C24H27F2N5O4/c1-34-17-5-3-2-4-16(17)23(33)30-12-14-6-8-15(9-7-14)20(27)19(22(29)32)21(28)31-18-13-35-11-10-24(18,25)26/h2-9,18,27,31H,10-13,28H2,1H3,(H2,29,32)(H,30,33)/b21-19+,27-20?. The van der Waals surface area contributed by atoms with Gasteiger partial charge in [0.15, 0.2) is 0 Å². The molecule has 35 heavy (non-hydrogen) atoms. The molecule has 3 rings (SSSR count). The van der Waals surface area contributed by atoms with Crippen LogP contribution in [-0.2, 0) is 16.1 Å². The van der Waals surface area contributed by atoms with Gasteiger partial charge in [0.2, 0.25) is 0 Å². The van der Waals surface area contributed by atoms with E-state index in [0.29, 0.717) is 11.3 Å². The molecule has 0 spiro atoms. The minimum Gasteiger partial charge on any atom is -0.496 e. The summed E-state index contributed by atoms with van der Waals surface area (Å²) in [6.07, 6.45) is -0.490. The summed E-state index contributed by atoms with van der Waals surface area (Å²) in [5.41, 5.74) is 11.9. The first-order chi connectivity index (χ1) is 16.6. The summed E-state index contributed by atoms with van der Waals surface area (Å²) in [6.45, 7) is -0.190. The molecule has 2 aromatic rings. The number of methoxy groups -OCH3 is 1. The summed E-state index contributed by atoms with van der Waals surface area (Å²) in [5.74, 6) is -4.42. The van der Waals surface area contributed by atoms with E-state index in [4.69, 9.17) is 26.4 Å². The van der Waals surface area contributed by atoms with Crippen molar-refractivity contribution in [2.75, 3.05) is 20.3 Å². The van der Waals surface area contributed by atoms with Crippen molar-refractivity contribution in [3.63, 3.8) is 0 Å². The van der Waals surface area contributed by atoms with Crippen LogP contribution < -0.4 is 26.8 Å². The number of para-hydroxylation sites is 1. The van der Waals surface area contributed by atoms with Gasteiger partial charge in [-0.2, -0.15) is 0 Å². The molecule has 9 nitrogen and oxygen atoms in total. The van der Waals surface area contributed by atoms with Gasteiger partial charge in [-0.25, -0.2) is 8.78 Å². The summed E-state index contributed by atoms with van der Waals surface area (Å²) in [4.78, 5) is 24.5. The predicted octanol–water partition coefficient (Wildman–Crippen LogP) is 1.66. The fourth-order valence-electron chi connectivity index (χ4n) is 3.55. The molecule has 0 aliphatic carbocycles. The van der Waals surface area contributed by atoms with Crippen molar-refractivity contribution in [2.24, 2.45) is 11.5 Å². The molecule has 2 amide bonds. The summed E-state index contributed by atoms with van der Waals surface area (Å²) in [7, 11) is 1.48. The maximum absolute atomic E-state index is 14.1. The molecule has 1 atom stereocenters. The van der Waals surface area contributed by atoms with Gasteiger partial charge in [0.1, 0.15) is 23.2 Å². The second-order valence-electron chi connectivity index (χ2n) is 7.89. The van der Waals surface area contributed by atoms with Crippen LogP contribution in [0.3, 0.4) is 0 Å². The van der Waals surface area contributed by atoms with Gasteiger partial charge >= 0.3 is 0 Å². The van der Waals surface area contributed by atoms with E-state index >= 15 is 0 Å². The second kappa shape index (κ2) is 11.0. The Morgan fingerprint density at radius 3 is 2.49 bits per heavy atom. The Hall–Kier alpha value is -3.99. The van der Waals surface area contributed by atoms with Crippen molar-refractivity contribution < 1.29 is 27.8 Å². The van der Waals surface area contributed by atoms with Crippen LogP contribution in [0.1, 0.15) is 27.9 Å². The average Bonchev–Trinajstić information content (AvgIpc) is 2.83. The molecule has 1 unspecified atom stereocenters. The Morgan fingerprint density at radius 2 is 1.86 bits per heavy atom. The predicted molar refractivity (Wildman–Crippen MR) is 125 cm³/mol. The lowest BCUT2D eigenvalue weighted by Gasteiger charge is -2.32. The van der Waals surface area contributed by atoms with Gasteiger partial charge in [-0.1, -0.05) is 36.4 Å². The molecule has 186 valence electrons. The number of primary amides is 1. The largest absolute Gasteiger partial charge is 0.496 e. The number of hydrogen-bond donors (Lipinski definition) is 5. The van der Waals surface area contributed by atoms with E-state index in [1.807, 2.05) is 0 Å². The minimum atomic E-state index is -3.09. The molecule has 11 heteroatoms. The van der Waals surface area contributed by atoms with E-state index in [-0.39, 0.29) is 36.9 Å². The van der Waals surface area contributed by atoms with Gasteiger partial charge in [-0.15, -0.1) is 0 Å². The molecule has 0 radical (unpaired) electrons. The third kappa shape index (κ3) is 6.12. The summed E-state index contributed by atoms with van der Waals surface area (Å²) >= 11 is 0. The number of nitrogens with two attached hydrogens (primary N) is 2. The molecular formula is C24H27F2N5O4. The highest BCUT2D eigenvalue weighted by Gasteiger charge is 2.43. The SMILES string of the molecule is COc1ccccc1C(=O)NCc1ccc(C(=N)/C(C(N)=O)=C(/N)NC2COCCC2(F)F)cc1. The average molecular weight is 488 g/mol. The van der Waals surface area contributed by atoms with Crippen LogP contribution in [0.25, 0.3) is 0 Å². The van der Waals surface area contributed by atoms with Crippen LogP contribution in [-0.4, -0.2) is 49.8 Å². The monoisotopic (exact) mass is 487 g/mol. The number of hydrogen-bond acceptors (Lipinski definition) is 7. The lowest BCUT2D eigenvalue weighted by Crippen LogP contribution is -2.53. The molecule has 1 heterocycles. The zero-order chi connectivity index (χ0) is 25.6. The van der Waals surface area contributed by atoms with Crippen LogP contribution in [0.2, 0.25) is 0 Å². The van der Waals surface area contributed by atoms with E-state index in [9.17, 15) is 18.4 Å². The summed E-state index contributed by atoms with van der Waals surface area (Å²) in [5, 5.41) is 13.6. The summed E-state index contributed by atoms with van der Waals surface area (Å²) < 4.78 is 38.5. The first kappa shape index (κ1) is 25.6. The lowest BCUT2D eigenvalue weighted by atomic mass is 9.99. The number of benzene rings is 2. The maximum atomic E-state index is 14.1. The van der Waals surface area contributed by atoms with Gasteiger partial charge in [0.25, 0.3) is 17.7 Å². The van der Waals surface area contributed by atoms with Crippen molar-refractivity contribution in [1.82, 2.24) is 10.6 Å². The minimum absolute atomic E-state index is 0.0843. The van der Waals surface area contributed by atoms with Crippen molar-refractivity contribution in [2.45, 2.75) is 24.9 Å². The highest BCUT2D eigenvalue weighted by Crippen LogP contribution is 2.27. The zero-order valence-corrected chi connectivity index (χ0v) is 19.1. The van der Waals surface area contributed by atoms with Crippen LogP contribution in [0.5, 0.6) is 5.75 Å². The molecule has 1 fully saturated rings. The van der Waals surface area contributed by atoms with Crippen LogP contribution in [0.15, 0.2) is 59.9 Å². The normalized spacial score (nSPS) is 17.6. The quantitative estimate of drug-likeness (QED) is 0.268. The fourth-order valence-corrected chi connectivity index (χ4v) is 3.55. The molecule has 2 aromatic carbocycles. The molecule has 1 aliphatic rings. The van der Waals surface area contributed by atoms with Crippen molar-refractivity contribution in [1.29, 1.82) is 5.41 Å². The van der Waals surface area contributed by atoms with Gasteiger partial charge < -0.3 is 31.6 Å². The number of halogens is 2. The molecule has 0 aromatic heterocycles. The van der Waals surface area contributed by atoms with Crippen molar-refractivity contribution in [3.8, 4) is 5.75 Å². The highest BCUT2D eigenvalue weighted by molar-refractivity contribution is 6.26. The second-order valence-corrected chi connectivity index (χ2v) is 7.89. The first-order valence-corrected chi connectivity index (χ1v) is 10.7. The Balaban J connectivity index is 1.70. The molecule has 1 saturated heterocycles. The van der Waals surface area contributed by atoms with Gasteiger partial charge in [0.05, 0.1) is 31.6 Å². The number of rotatable bonds is 9. The topological polar surface area (TPSA) is 153 Å². The number of alkyl halides is 2. The molecule has 1 aliphatic heterocycles. The molecule has 7 N–H and O–H groups in total. The number of carbonyl (C=O) groups excluding carboxylic acids is 2. The Kier molecular flexibility index (Phi) is 8.02. The van der Waals surface area contributed by atoms with E-state index in [1.165, 1.54) is 7.11 Å². The van der Waals surface area contributed by atoms with Gasteiger partial charge in [-0.05, 0) is 17.7 Å². The van der Waals surface area contributed by atoms with Crippen LogP contribution in [0.4, 0.5) is 8.78 Å². The van der Waals surface area contributed by atoms with Gasteiger partial charge in [0, 0.05) is 18.5 Å². The molecule has 0 saturated carbocycles. The lowest BCUT2D eigenvalue weighted by molar-refractivity contribution is -0.118. The van der Waals surface area contributed by atoms with E-state index < -0.39 is 35.7 Å². The number of amides is 2. The fraction of sp³-hybridized carbons (Fsp3) is 0.292. The van der Waals surface area contributed by atoms with Crippen LogP contribution in [0, 0.1) is 5.41 Å². The van der Waals surface area contributed by atoms with E-state index in [1.54, 1.807) is 48.5 Å². The van der Waals surface area contributed by atoms with E-state index in [2.05, 4.69) is 10.6 Å². The van der Waals surface area contributed by atoms with Gasteiger partial charge in [-0.3, -0.25) is 15.0 Å². The van der Waals surface area contributed by atoms with Crippen LogP contribution >= 0.6 is 0 Å². The Bertz CT molecular complexity index is 1130. The van der Waals surface area contributed by atoms with Crippen molar-refractivity contribution >= 4 is 17.5 Å². The number of carbonyl (C=O) groups is 2. The number of ether oxygens (including phenoxy) is 2. The third-order valence-corrected chi connectivity index (χ3v) is 5.52. The first-order valence-electron chi connectivity index (χ1n) is 10.7. The smallest absolute Gasteiger partial charge is 0.272 e. The Labute approximate surface area is 201 Å². The maximum Gasteiger partial charge on any atom is 0.272 e. The molecular weight excluding hydrogens is 460 g/mol. The highest BCUT2D eigenvalue weighted by atomic mass is 19.3. The van der Waals surface area contributed by atoms with E-state index in [0.717, 1.165) is 5.56 Å². The molecule has 0 bridgehead atoms. The number of nitrogens with one attached hydrogen (secondary N) is 3. The summed E-state index contributed by atoms with van der Waals surface area (Å²) in [6, 6.07) is 11.7. The Morgan fingerprint density at radius 1 is 1.17 bits per heavy atom.